The SMILES string of the molecule is Cc1ccc(N2C(=O)[C@H]3[C@@H](c4ccc(Br)cc4)N4CCCN4[C@H]3C2=O)cc1. The topological polar surface area (TPSA) is 43.9 Å². The van der Waals surface area contributed by atoms with E-state index in [1.807, 2.05) is 43.3 Å². The van der Waals surface area contributed by atoms with Gasteiger partial charge in [0.05, 0.1) is 17.6 Å². The number of nitrogens with zero attached hydrogens (tertiary/aromatic N) is 3. The molecule has 0 bridgehead atoms. The van der Waals surface area contributed by atoms with Gasteiger partial charge in [0, 0.05) is 17.6 Å². The molecule has 0 unspecified atom stereocenters. The van der Waals surface area contributed by atoms with Gasteiger partial charge in [0.25, 0.3) is 5.91 Å². The average molecular weight is 426 g/mol. The molecule has 2 amide bonds. The number of benzene rings is 2. The Kier molecular flexibility index (Phi) is 3.96. The Labute approximate surface area is 166 Å². The minimum absolute atomic E-state index is 0.0856. The Bertz CT molecular complexity index is 912. The highest BCUT2D eigenvalue weighted by molar-refractivity contribution is 9.10. The van der Waals surface area contributed by atoms with Crippen molar-refractivity contribution < 1.29 is 9.59 Å². The van der Waals surface area contributed by atoms with Gasteiger partial charge in [-0.2, -0.15) is 0 Å². The van der Waals surface area contributed by atoms with Crippen LogP contribution >= 0.6 is 15.9 Å². The van der Waals surface area contributed by atoms with E-state index in [9.17, 15) is 9.59 Å². The number of amides is 2. The van der Waals surface area contributed by atoms with Crippen molar-refractivity contribution in [1.29, 1.82) is 0 Å². The van der Waals surface area contributed by atoms with Crippen molar-refractivity contribution >= 4 is 33.4 Å². The lowest BCUT2D eigenvalue weighted by Crippen LogP contribution is -2.44. The van der Waals surface area contributed by atoms with Crippen LogP contribution in [0, 0.1) is 12.8 Å². The number of carbonyl (C=O) groups is 2. The van der Waals surface area contributed by atoms with E-state index < -0.39 is 6.04 Å². The fraction of sp³-hybridized carbons (Fsp3) is 0.333. The van der Waals surface area contributed by atoms with Crippen LogP contribution in [0.25, 0.3) is 0 Å². The molecule has 0 N–H and O–H groups in total. The quantitative estimate of drug-likeness (QED) is 0.692. The Morgan fingerprint density at radius 1 is 0.852 bits per heavy atom. The molecule has 6 heteroatoms. The van der Waals surface area contributed by atoms with Crippen molar-refractivity contribution in [3.63, 3.8) is 0 Å². The number of aryl methyl sites for hydroxylation is 1. The summed E-state index contributed by atoms with van der Waals surface area (Å²) in [6.45, 7) is 3.71. The van der Waals surface area contributed by atoms with Gasteiger partial charge in [-0.05, 0) is 43.2 Å². The highest BCUT2D eigenvalue weighted by Crippen LogP contribution is 2.48. The maximum absolute atomic E-state index is 13.4. The zero-order valence-corrected chi connectivity index (χ0v) is 16.6. The van der Waals surface area contributed by atoms with E-state index >= 15 is 0 Å². The molecule has 2 aromatic carbocycles. The molecule has 5 rings (SSSR count). The van der Waals surface area contributed by atoms with Gasteiger partial charge in [0.15, 0.2) is 0 Å². The predicted octanol–water partition coefficient (Wildman–Crippen LogP) is 3.29. The molecule has 0 aromatic heterocycles. The molecule has 3 fully saturated rings. The van der Waals surface area contributed by atoms with E-state index in [0.717, 1.165) is 35.1 Å². The maximum atomic E-state index is 13.4. The predicted molar refractivity (Wildman–Crippen MR) is 106 cm³/mol. The van der Waals surface area contributed by atoms with Gasteiger partial charge in [-0.3, -0.25) is 9.59 Å². The zero-order chi connectivity index (χ0) is 18.7. The smallest absolute Gasteiger partial charge is 0.253 e. The van der Waals surface area contributed by atoms with Crippen LogP contribution in [-0.4, -0.2) is 41.0 Å². The van der Waals surface area contributed by atoms with Gasteiger partial charge >= 0.3 is 0 Å². The highest BCUT2D eigenvalue weighted by atomic mass is 79.9. The molecule has 27 heavy (non-hydrogen) atoms. The van der Waals surface area contributed by atoms with Crippen molar-refractivity contribution in [2.45, 2.75) is 25.4 Å². The molecule has 3 aliphatic rings. The number of imide groups is 1. The van der Waals surface area contributed by atoms with E-state index in [1.54, 1.807) is 0 Å². The van der Waals surface area contributed by atoms with E-state index in [4.69, 9.17) is 0 Å². The molecule has 2 aromatic rings. The van der Waals surface area contributed by atoms with Crippen LogP contribution in [0.4, 0.5) is 5.69 Å². The lowest BCUT2D eigenvalue weighted by atomic mass is 9.90. The minimum Gasteiger partial charge on any atom is -0.274 e. The van der Waals surface area contributed by atoms with Crippen LogP contribution in [0.5, 0.6) is 0 Å². The molecule has 0 aliphatic carbocycles. The first kappa shape index (κ1) is 17.1. The number of carbonyl (C=O) groups excluding carboxylic acids is 2. The molecular weight excluding hydrogens is 406 g/mol. The number of rotatable bonds is 2. The first-order chi connectivity index (χ1) is 13.1. The molecule has 3 atom stereocenters. The standard InChI is InChI=1S/C21H20BrN3O2/c1-13-3-9-16(10-4-13)25-20(26)17-18(14-5-7-15(22)8-6-14)23-11-2-12-24(23)19(17)21(25)27/h3-10,17-19H,2,11-12H2,1H3/t17-,18+,19+/m0/s1. The van der Waals surface area contributed by atoms with Crippen molar-refractivity contribution in [3.05, 3.63) is 64.1 Å². The normalized spacial score (nSPS) is 28.1. The molecule has 0 radical (unpaired) electrons. The first-order valence-electron chi connectivity index (χ1n) is 9.29. The van der Waals surface area contributed by atoms with E-state index in [2.05, 4.69) is 38.1 Å². The summed E-state index contributed by atoms with van der Waals surface area (Å²) in [7, 11) is 0. The highest BCUT2D eigenvalue weighted by Gasteiger charge is 2.62. The van der Waals surface area contributed by atoms with Crippen molar-refractivity contribution in [1.82, 2.24) is 10.0 Å². The summed E-state index contributed by atoms with van der Waals surface area (Å²) < 4.78 is 1.01. The van der Waals surface area contributed by atoms with Gasteiger partial charge in [0.1, 0.15) is 6.04 Å². The fourth-order valence-electron chi connectivity index (χ4n) is 4.72. The van der Waals surface area contributed by atoms with Crippen LogP contribution in [0.2, 0.25) is 0 Å². The third-order valence-corrected chi connectivity index (χ3v) is 6.44. The lowest BCUT2D eigenvalue weighted by Gasteiger charge is -2.29. The second-order valence-electron chi connectivity index (χ2n) is 7.49. The monoisotopic (exact) mass is 425 g/mol. The molecule has 3 heterocycles. The molecule has 0 saturated carbocycles. The number of hydrogen-bond donors (Lipinski definition) is 0. The average Bonchev–Trinajstić information content (AvgIpc) is 3.30. The van der Waals surface area contributed by atoms with E-state index in [-0.39, 0.29) is 23.8 Å². The van der Waals surface area contributed by atoms with Crippen molar-refractivity contribution in [3.8, 4) is 0 Å². The summed E-state index contributed by atoms with van der Waals surface area (Å²) in [4.78, 5) is 28.1. The maximum Gasteiger partial charge on any atom is 0.253 e. The third-order valence-electron chi connectivity index (χ3n) is 5.91. The number of fused-ring (bicyclic) bond motifs is 3. The molecule has 3 aliphatic heterocycles. The van der Waals surface area contributed by atoms with Gasteiger partial charge in [-0.25, -0.2) is 14.9 Å². The minimum atomic E-state index is -0.394. The van der Waals surface area contributed by atoms with Gasteiger partial charge in [0.2, 0.25) is 5.91 Å². The molecule has 0 spiro atoms. The Morgan fingerprint density at radius 3 is 2.15 bits per heavy atom. The Balaban J connectivity index is 1.57. The summed E-state index contributed by atoms with van der Waals surface area (Å²) in [5.74, 6) is -0.545. The van der Waals surface area contributed by atoms with E-state index in [0.29, 0.717) is 5.69 Å². The summed E-state index contributed by atoms with van der Waals surface area (Å²) in [5.41, 5.74) is 2.87. The molecule has 3 saturated heterocycles. The number of hydrazine groups is 1. The summed E-state index contributed by atoms with van der Waals surface area (Å²) in [5, 5.41) is 4.37. The summed E-state index contributed by atoms with van der Waals surface area (Å²) >= 11 is 3.48. The number of anilines is 1. The van der Waals surface area contributed by atoms with Crippen LogP contribution in [0.3, 0.4) is 0 Å². The van der Waals surface area contributed by atoms with Crippen molar-refractivity contribution in [2.24, 2.45) is 5.92 Å². The van der Waals surface area contributed by atoms with Gasteiger partial charge in [-0.1, -0.05) is 45.8 Å². The second-order valence-corrected chi connectivity index (χ2v) is 8.41. The molecular formula is C21H20BrN3O2. The number of hydrogen-bond acceptors (Lipinski definition) is 4. The molecule has 138 valence electrons. The van der Waals surface area contributed by atoms with E-state index in [1.165, 1.54) is 4.90 Å². The van der Waals surface area contributed by atoms with Crippen LogP contribution in [0.15, 0.2) is 53.0 Å². The number of halogens is 1. The molecule has 5 nitrogen and oxygen atoms in total. The van der Waals surface area contributed by atoms with Gasteiger partial charge in [-0.15, -0.1) is 0 Å². The van der Waals surface area contributed by atoms with Crippen LogP contribution in [0.1, 0.15) is 23.6 Å². The Morgan fingerprint density at radius 2 is 1.48 bits per heavy atom. The summed E-state index contributed by atoms with van der Waals surface area (Å²) in [6, 6.07) is 15.2. The third kappa shape index (κ3) is 2.51. The lowest BCUT2D eigenvalue weighted by molar-refractivity contribution is -0.126. The van der Waals surface area contributed by atoms with Crippen LogP contribution < -0.4 is 4.90 Å². The second kappa shape index (κ2) is 6.26. The Hall–Kier alpha value is -2.02. The zero-order valence-electron chi connectivity index (χ0n) is 15.0. The fourth-order valence-corrected chi connectivity index (χ4v) is 4.99. The largest absolute Gasteiger partial charge is 0.274 e. The first-order valence-corrected chi connectivity index (χ1v) is 10.1. The van der Waals surface area contributed by atoms with Crippen molar-refractivity contribution in [2.75, 3.05) is 18.0 Å². The summed E-state index contributed by atoms with van der Waals surface area (Å²) in [6.07, 6.45) is 1.02. The van der Waals surface area contributed by atoms with Crippen LogP contribution in [-0.2, 0) is 9.59 Å². The van der Waals surface area contributed by atoms with Gasteiger partial charge < -0.3 is 0 Å².